The summed E-state index contributed by atoms with van der Waals surface area (Å²) in [5.41, 5.74) is 2.13. The van der Waals surface area contributed by atoms with Gasteiger partial charge in [-0.15, -0.1) is 4.31 Å². The van der Waals surface area contributed by atoms with Crippen LogP contribution in [0.15, 0.2) is 42.6 Å². The summed E-state index contributed by atoms with van der Waals surface area (Å²) < 4.78 is 47.6. The highest BCUT2D eigenvalue weighted by atomic mass is 32.3. The van der Waals surface area contributed by atoms with Gasteiger partial charge in [0, 0.05) is 49.9 Å². The van der Waals surface area contributed by atoms with Crippen LogP contribution in [0, 0.1) is 11.7 Å². The number of nitrogens with zero attached hydrogens (tertiary/aromatic N) is 4. The Bertz CT molecular complexity index is 1180. The predicted molar refractivity (Wildman–Crippen MR) is 127 cm³/mol. The summed E-state index contributed by atoms with van der Waals surface area (Å²) in [6.07, 6.45) is 5.00. The summed E-state index contributed by atoms with van der Waals surface area (Å²) in [4.78, 5) is 7.11. The summed E-state index contributed by atoms with van der Waals surface area (Å²) in [6.45, 7) is 4.70. The van der Waals surface area contributed by atoms with Crippen LogP contribution in [0.4, 0.5) is 10.2 Å². The maximum absolute atomic E-state index is 14.6. The van der Waals surface area contributed by atoms with Crippen molar-refractivity contribution in [2.45, 2.75) is 19.4 Å². The molecule has 0 spiro atoms. The van der Waals surface area contributed by atoms with Gasteiger partial charge in [0.2, 0.25) is 0 Å². The molecule has 2 aliphatic heterocycles. The topological polar surface area (TPSA) is 73.7 Å². The highest BCUT2D eigenvalue weighted by molar-refractivity contribution is 7.94. The number of benzene rings is 1. The van der Waals surface area contributed by atoms with Gasteiger partial charge in [-0.2, -0.15) is 0 Å². The van der Waals surface area contributed by atoms with Crippen LogP contribution in [0.5, 0.6) is 0 Å². The summed E-state index contributed by atoms with van der Waals surface area (Å²) in [6, 6.07) is 10.8. The van der Waals surface area contributed by atoms with Crippen LogP contribution in [0.3, 0.4) is 0 Å². The molecule has 9 heteroatoms. The molecule has 176 valence electrons. The zero-order valence-electron chi connectivity index (χ0n) is 18.8. The quantitative estimate of drug-likeness (QED) is 0.531. The molecular formula is C24H29FN4O3S. The lowest BCUT2D eigenvalue weighted by atomic mass is 9.98. The van der Waals surface area contributed by atoms with Crippen LogP contribution >= 0.6 is 0 Å². The fourth-order valence-corrected chi connectivity index (χ4v) is 5.73. The van der Waals surface area contributed by atoms with Crippen molar-refractivity contribution in [2.24, 2.45) is 5.92 Å². The smallest absolute Gasteiger partial charge is 0.138 e. The van der Waals surface area contributed by atoms with Gasteiger partial charge < -0.3 is 18.8 Å². The second kappa shape index (κ2) is 9.13. The molecule has 2 aliphatic rings. The van der Waals surface area contributed by atoms with Crippen LogP contribution in [-0.4, -0.2) is 64.1 Å². The molecule has 2 aromatic heterocycles. The molecule has 0 N–H and O–H groups in total. The van der Waals surface area contributed by atoms with Gasteiger partial charge in [0.1, 0.15) is 28.3 Å². The third-order valence-corrected chi connectivity index (χ3v) is 8.01. The van der Waals surface area contributed by atoms with Crippen molar-refractivity contribution >= 4 is 27.1 Å². The van der Waals surface area contributed by atoms with E-state index in [1.54, 1.807) is 16.4 Å². The van der Waals surface area contributed by atoms with E-state index in [4.69, 9.17) is 9.72 Å². The van der Waals surface area contributed by atoms with E-state index in [9.17, 15) is 13.2 Å². The molecule has 33 heavy (non-hydrogen) atoms. The first kappa shape index (κ1) is 22.5. The average molecular weight is 473 g/mol. The zero-order chi connectivity index (χ0) is 23.0. The normalized spacial score (nSPS) is 20.3. The van der Waals surface area contributed by atoms with Crippen molar-refractivity contribution in [1.29, 1.82) is 0 Å². The standard InChI is InChI=1S/C24H29FN4O3S/c1-33(30,31)29-10-6-18(7-11-29)17-28-9-8-20-23(28)16-22(19-4-2-3-5-21(19)25)26-24(20)27-12-14-32-15-13-27/h2-5,8-9,16,18H,6-7,10-15,17H2,1H3. The molecule has 0 radical (unpaired) electrons. The number of aromatic nitrogens is 2. The maximum atomic E-state index is 14.6. The predicted octanol–water partition coefficient (Wildman–Crippen LogP) is 3.57. The van der Waals surface area contributed by atoms with Crippen LogP contribution in [0.25, 0.3) is 22.2 Å². The molecule has 5 rings (SSSR count). The molecule has 0 amide bonds. The molecule has 2 fully saturated rings. The van der Waals surface area contributed by atoms with Crippen molar-refractivity contribution in [2.75, 3.05) is 50.5 Å². The molecule has 1 atom stereocenters. The fourth-order valence-electron chi connectivity index (χ4n) is 4.85. The van der Waals surface area contributed by atoms with Gasteiger partial charge in [-0.1, -0.05) is 16.3 Å². The van der Waals surface area contributed by atoms with Gasteiger partial charge >= 0.3 is 0 Å². The Morgan fingerprint density at radius 1 is 1.15 bits per heavy atom. The fraction of sp³-hybridized carbons (Fsp3) is 0.458. The highest BCUT2D eigenvalue weighted by Gasteiger charge is 2.29. The first-order valence-corrected chi connectivity index (χ1v) is 13.3. The first-order chi connectivity index (χ1) is 15.9. The van der Waals surface area contributed by atoms with E-state index in [0.29, 0.717) is 43.5 Å². The van der Waals surface area contributed by atoms with Crippen molar-refractivity contribution in [1.82, 2.24) is 13.9 Å². The van der Waals surface area contributed by atoms with Gasteiger partial charge in [0.25, 0.3) is 0 Å². The largest absolute Gasteiger partial charge is 0.598 e. The average Bonchev–Trinajstić information content (AvgIpc) is 3.22. The Labute approximate surface area is 194 Å². The van der Waals surface area contributed by atoms with Crippen molar-refractivity contribution in [3.05, 3.63) is 48.4 Å². The summed E-state index contributed by atoms with van der Waals surface area (Å²) in [5, 5.41) is 1.05. The Balaban J connectivity index is 1.49. The Hall–Kier alpha value is -2.33. The Kier molecular flexibility index (Phi) is 6.22. The number of morpholine rings is 1. The minimum Gasteiger partial charge on any atom is -0.598 e. The third-order valence-electron chi connectivity index (χ3n) is 6.71. The van der Waals surface area contributed by atoms with E-state index in [-0.39, 0.29) is 5.82 Å². The van der Waals surface area contributed by atoms with E-state index >= 15 is 0 Å². The van der Waals surface area contributed by atoms with Gasteiger partial charge in [0.05, 0.1) is 24.4 Å². The molecule has 1 aromatic carbocycles. The van der Waals surface area contributed by atoms with Gasteiger partial charge in [0.15, 0.2) is 0 Å². The number of halogens is 1. The second-order valence-corrected chi connectivity index (χ2v) is 10.9. The molecule has 0 aliphatic carbocycles. The van der Waals surface area contributed by atoms with Gasteiger partial charge in [-0.3, -0.25) is 0 Å². The van der Waals surface area contributed by atoms with Gasteiger partial charge in [-0.25, -0.2) is 9.37 Å². The van der Waals surface area contributed by atoms with Crippen LogP contribution in [0.2, 0.25) is 0 Å². The Morgan fingerprint density at radius 2 is 1.88 bits per heavy atom. The molecule has 4 heterocycles. The second-order valence-electron chi connectivity index (χ2n) is 8.92. The van der Waals surface area contributed by atoms with Crippen LogP contribution in [-0.2, 0) is 25.9 Å². The SMILES string of the molecule is C[S+](=O)([O-])N1CCC(Cn2ccc3c(N4CCOCC4)nc(-c4ccccc4F)cc32)CC1. The minimum atomic E-state index is -3.14. The number of hydrogen-bond donors (Lipinski definition) is 0. The summed E-state index contributed by atoms with van der Waals surface area (Å²) in [7, 11) is -3.14. The van der Waals surface area contributed by atoms with Crippen molar-refractivity contribution < 1.29 is 17.9 Å². The van der Waals surface area contributed by atoms with Crippen molar-refractivity contribution in [3.8, 4) is 11.3 Å². The zero-order valence-corrected chi connectivity index (χ0v) is 19.6. The molecule has 0 bridgehead atoms. The van der Waals surface area contributed by atoms with E-state index in [1.165, 1.54) is 12.3 Å². The molecular weight excluding hydrogens is 443 g/mol. The van der Waals surface area contributed by atoms with Crippen LogP contribution < -0.4 is 4.90 Å². The number of sulfonamides is 1. The monoisotopic (exact) mass is 472 g/mol. The van der Waals surface area contributed by atoms with E-state index in [0.717, 1.165) is 49.2 Å². The number of hydrogen-bond acceptors (Lipinski definition) is 5. The number of rotatable bonds is 5. The molecule has 7 nitrogen and oxygen atoms in total. The van der Waals surface area contributed by atoms with E-state index in [2.05, 4.69) is 21.7 Å². The lowest BCUT2D eigenvalue weighted by Gasteiger charge is -2.32. The molecule has 1 unspecified atom stereocenters. The molecule has 2 saturated heterocycles. The lowest BCUT2D eigenvalue weighted by Crippen LogP contribution is -2.41. The van der Waals surface area contributed by atoms with Crippen LogP contribution in [0.1, 0.15) is 12.8 Å². The number of anilines is 1. The number of fused-ring (bicyclic) bond motifs is 1. The maximum Gasteiger partial charge on any atom is 0.138 e. The number of ether oxygens (including phenoxy) is 1. The Morgan fingerprint density at radius 3 is 2.58 bits per heavy atom. The third kappa shape index (κ3) is 4.68. The highest BCUT2D eigenvalue weighted by Crippen LogP contribution is 2.33. The lowest BCUT2D eigenvalue weighted by molar-refractivity contribution is 0.122. The molecule has 3 aromatic rings. The van der Waals surface area contributed by atoms with E-state index in [1.807, 2.05) is 12.1 Å². The summed E-state index contributed by atoms with van der Waals surface area (Å²) in [5.74, 6) is 0.957. The minimum absolute atomic E-state index is 0.288. The first-order valence-electron chi connectivity index (χ1n) is 11.4. The van der Waals surface area contributed by atoms with Crippen molar-refractivity contribution in [3.63, 3.8) is 0 Å². The molecule has 0 saturated carbocycles. The summed E-state index contributed by atoms with van der Waals surface area (Å²) >= 11 is 0. The van der Waals surface area contributed by atoms with Gasteiger partial charge in [-0.05, 0) is 43.0 Å². The number of piperidine rings is 1. The van der Waals surface area contributed by atoms with E-state index < -0.39 is 10.4 Å². The number of pyridine rings is 1.